The molecule has 1 aromatic carbocycles. The number of nitrogens with zero attached hydrogens (tertiary/aromatic N) is 2. The molecule has 0 fully saturated rings. The molecule has 0 saturated carbocycles. The minimum Gasteiger partial charge on any atom is -0.305 e. The lowest BCUT2D eigenvalue weighted by Crippen LogP contribution is -2.17. The van der Waals surface area contributed by atoms with Crippen LogP contribution in [0.5, 0.6) is 0 Å². The van der Waals surface area contributed by atoms with Crippen LogP contribution in [0.2, 0.25) is 0 Å². The first kappa shape index (κ1) is 10.2. The summed E-state index contributed by atoms with van der Waals surface area (Å²) in [6, 6.07) is 9.89. The summed E-state index contributed by atoms with van der Waals surface area (Å²) in [6.07, 6.45) is 7.87. The van der Waals surface area contributed by atoms with Crippen LogP contribution in [0.25, 0.3) is 0 Å². The Kier molecular flexibility index (Phi) is 4.11. The van der Waals surface area contributed by atoms with Gasteiger partial charge < -0.3 is 4.90 Å². The maximum absolute atomic E-state index is 8.82. The molecule has 0 heterocycles. The first-order chi connectivity index (χ1) is 6.86. The van der Waals surface area contributed by atoms with E-state index in [0.29, 0.717) is 19.5 Å². The number of hydrogen-bond donors (Lipinski definition) is 0. The van der Waals surface area contributed by atoms with Gasteiger partial charge in [-0.2, -0.15) is 5.26 Å². The molecule has 0 aliphatic heterocycles. The van der Waals surface area contributed by atoms with E-state index in [2.05, 4.69) is 12.1 Å². The lowest BCUT2D eigenvalue weighted by molar-refractivity contribution is 0.395. The molecule has 2 nitrogen and oxygen atoms in total. The Morgan fingerprint density at radius 3 is 2.57 bits per heavy atom. The Morgan fingerprint density at radius 2 is 2.00 bits per heavy atom. The van der Waals surface area contributed by atoms with Gasteiger partial charge in [-0.3, -0.25) is 0 Å². The lowest BCUT2D eigenvalue weighted by atomic mass is 10.2. The van der Waals surface area contributed by atoms with E-state index in [0.717, 1.165) is 5.56 Å². The van der Waals surface area contributed by atoms with Crippen molar-refractivity contribution < 1.29 is 0 Å². The van der Waals surface area contributed by atoms with Gasteiger partial charge in [-0.1, -0.05) is 30.3 Å². The number of terminal acetylenes is 1. The molecular weight excluding hydrogens is 172 g/mol. The summed E-state index contributed by atoms with van der Waals surface area (Å²) in [6.45, 7) is 1.26. The average molecular weight is 184 g/mol. The van der Waals surface area contributed by atoms with Gasteiger partial charge in [0.2, 0.25) is 0 Å². The molecule has 0 atom stereocenters. The molecule has 0 bridgehead atoms. The van der Waals surface area contributed by atoms with Crippen molar-refractivity contribution in [3.63, 3.8) is 0 Å². The minimum atomic E-state index is 0.612. The van der Waals surface area contributed by atoms with E-state index < -0.39 is 0 Å². The van der Waals surface area contributed by atoms with Crippen molar-refractivity contribution in [2.24, 2.45) is 0 Å². The minimum absolute atomic E-state index is 0.612. The Hall–Kier alpha value is -1.93. The molecule has 0 N–H and O–H groups in total. The van der Waals surface area contributed by atoms with Crippen molar-refractivity contribution in [2.75, 3.05) is 6.54 Å². The molecule has 0 spiro atoms. The zero-order valence-corrected chi connectivity index (χ0v) is 7.98. The van der Waals surface area contributed by atoms with Gasteiger partial charge in [-0.25, -0.2) is 0 Å². The SMILES string of the molecule is C#CCCN(C#N)Cc1ccccc1. The average Bonchev–Trinajstić information content (AvgIpc) is 2.25. The van der Waals surface area contributed by atoms with Crippen LogP contribution in [0.1, 0.15) is 12.0 Å². The number of rotatable bonds is 4. The van der Waals surface area contributed by atoms with E-state index in [1.54, 1.807) is 4.90 Å². The predicted molar refractivity (Wildman–Crippen MR) is 55.9 cm³/mol. The Labute approximate surface area is 84.8 Å². The van der Waals surface area contributed by atoms with Gasteiger partial charge in [0.05, 0.1) is 6.54 Å². The van der Waals surface area contributed by atoms with Crippen LogP contribution < -0.4 is 0 Å². The van der Waals surface area contributed by atoms with Gasteiger partial charge in [-0.05, 0) is 5.56 Å². The van der Waals surface area contributed by atoms with E-state index in [-0.39, 0.29) is 0 Å². The molecular formula is C12H12N2. The predicted octanol–water partition coefficient (Wildman–Crippen LogP) is 1.99. The Balaban J connectivity index is 2.51. The molecule has 0 radical (unpaired) electrons. The Morgan fingerprint density at radius 1 is 1.29 bits per heavy atom. The van der Waals surface area contributed by atoms with Gasteiger partial charge in [0, 0.05) is 13.0 Å². The molecule has 1 rings (SSSR count). The monoisotopic (exact) mass is 184 g/mol. The van der Waals surface area contributed by atoms with Gasteiger partial charge in [0.25, 0.3) is 0 Å². The number of hydrogen-bond acceptors (Lipinski definition) is 2. The zero-order chi connectivity index (χ0) is 10.2. The van der Waals surface area contributed by atoms with Gasteiger partial charge in [0.1, 0.15) is 0 Å². The third-order valence-corrected chi connectivity index (χ3v) is 1.88. The summed E-state index contributed by atoms with van der Waals surface area (Å²) < 4.78 is 0. The molecule has 2 heteroatoms. The highest BCUT2D eigenvalue weighted by Gasteiger charge is 2.00. The highest BCUT2D eigenvalue weighted by molar-refractivity contribution is 5.15. The second-order valence-corrected chi connectivity index (χ2v) is 2.96. The summed E-state index contributed by atoms with van der Waals surface area (Å²) in [5, 5.41) is 8.82. The molecule has 0 aliphatic carbocycles. The van der Waals surface area contributed by atoms with E-state index in [4.69, 9.17) is 11.7 Å². The molecule has 70 valence electrons. The third-order valence-electron chi connectivity index (χ3n) is 1.88. The Bertz CT molecular complexity index is 343. The fourth-order valence-corrected chi connectivity index (χ4v) is 1.17. The van der Waals surface area contributed by atoms with Crippen LogP contribution in [0.3, 0.4) is 0 Å². The number of benzene rings is 1. The van der Waals surface area contributed by atoms with Crippen LogP contribution in [0.4, 0.5) is 0 Å². The first-order valence-electron chi connectivity index (χ1n) is 4.49. The summed E-state index contributed by atoms with van der Waals surface area (Å²) in [7, 11) is 0. The smallest absolute Gasteiger partial charge is 0.179 e. The first-order valence-corrected chi connectivity index (χ1v) is 4.49. The second kappa shape index (κ2) is 5.67. The second-order valence-electron chi connectivity index (χ2n) is 2.96. The molecule has 0 amide bonds. The van der Waals surface area contributed by atoms with Crippen LogP contribution in [-0.4, -0.2) is 11.4 Å². The molecule has 0 aliphatic rings. The summed E-state index contributed by atoms with van der Waals surface area (Å²) in [4.78, 5) is 1.66. The number of nitriles is 1. The quantitative estimate of drug-likeness (QED) is 0.406. The maximum atomic E-state index is 8.82. The molecule has 0 aromatic heterocycles. The molecule has 1 aromatic rings. The van der Waals surface area contributed by atoms with Gasteiger partial charge in [-0.15, -0.1) is 12.3 Å². The van der Waals surface area contributed by atoms with Gasteiger partial charge >= 0.3 is 0 Å². The lowest BCUT2D eigenvalue weighted by Gasteiger charge is -2.13. The topological polar surface area (TPSA) is 27.0 Å². The highest BCUT2D eigenvalue weighted by atomic mass is 15.1. The highest BCUT2D eigenvalue weighted by Crippen LogP contribution is 2.03. The summed E-state index contributed by atoms with van der Waals surface area (Å²) in [5.74, 6) is 2.53. The molecule has 0 saturated heterocycles. The standard InChI is InChI=1S/C12H12N2/c1-2-3-9-14(11-13)10-12-7-5-4-6-8-12/h1,4-8H,3,9-10H2. The van der Waals surface area contributed by atoms with E-state index in [1.165, 1.54) is 0 Å². The van der Waals surface area contributed by atoms with E-state index in [9.17, 15) is 0 Å². The van der Waals surface area contributed by atoms with E-state index in [1.807, 2.05) is 30.3 Å². The molecule has 14 heavy (non-hydrogen) atoms. The van der Waals surface area contributed by atoms with Crippen molar-refractivity contribution in [3.8, 4) is 18.5 Å². The summed E-state index contributed by atoms with van der Waals surface area (Å²) >= 11 is 0. The molecule has 0 unspecified atom stereocenters. The van der Waals surface area contributed by atoms with Crippen LogP contribution in [0.15, 0.2) is 30.3 Å². The van der Waals surface area contributed by atoms with Crippen molar-refractivity contribution >= 4 is 0 Å². The fraction of sp³-hybridized carbons (Fsp3) is 0.250. The fourth-order valence-electron chi connectivity index (χ4n) is 1.17. The summed E-state index contributed by atoms with van der Waals surface area (Å²) in [5.41, 5.74) is 1.13. The van der Waals surface area contributed by atoms with Crippen LogP contribution in [-0.2, 0) is 6.54 Å². The van der Waals surface area contributed by atoms with Crippen LogP contribution >= 0.6 is 0 Å². The van der Waals surface area contributed by atoms with Crippen molar-refractivity contribution in [1.29, 1.82) is 5.26 Å². The van der Waals surface area contributed by atoms with Crippen molar-refractivity contribution in [2.45, 2.75) is 13.0 Å². The van der Waals surface area contributed by atoms with Crippen molar-refractivity contribution in [3.05, 3.63) is 35.9 Å². The normalized spacial score (nSPS) is 8.71. The van der Waals surface area contributed by atoms with E-state index >= 15 is 0 Å². The van der Waals surface area contributed by atoms with Crippen molar-refractivity contribution in [1.82, 2.24) is 4.90 Å². The van der Waals surface area contributed by atoms with Crippen LogP contribution in [0, 0.1) is 23.8 Å². The largest absolute Gasteiger partial charge is 0.305 e. The van der Waals surface area contributed by atoms with Gasteiger partial charge in [0.15, 0.2) is 6.19 Å². The third kappa shape index (κ3) is 3.21. The zero-order valence-electron chi connectivity index (χ0n) is 7.98. The maximum Gasteiger partial charge on any atom is 0.179 e.